The molecule has 1 amide bonds. The summed E-state index contributed by atoms with van der Waals surface area (Å²) in [6.07, 6.45) is 1.85. The van der Waals surface area contributed by atoms with Gasteiger partial charge in [0.15, 0.2) is 0 Å². The van der Waals surface area contributed by atoms with E-state index in [1.165, 1.54) is 0 Å². The Balaban J connectivity index is 2.48. The number of hydrogen-bond donors (Lipinski definition) is 2. The maximum atomic E-state index is 11.6. The lowest BCUT2D eigenvalue weighted by molar-refractivity contribution is 0.0939. The normalized spacial score (nSPS) is 9.12. The number of benzene rings is 1. The molecule has 16 heavy (non-hydrogen) atoms. The van der Waals surface area contributed by atoms with Gasteiger partial charge in [0.05, 0.1) is 0 Å². The largest absolute Gasteiger partial charge is 0.299 e. The molecule has 0 radical (unpaired) electrons. The average molecular weight is 216 g/mol. The van der Waals surface area contributed by atoms with Crippen molar-refractivity contribution in [3.63, 3.8) is 0 Å². The lowest BCUT2D eigenvalue weighted by Crippen LogP contribution is -2.35. The first-order valence-electron chi connectivity index (χ1n) is 5.05. The third-order valence-corrected chi connectivity index (χ3v) is 1.84. The summed E-state index contributed by atoms with van der Waals surface area (Å²) in [5.74, 6) is -0.177. The van der Waals surface area contributed by atoms with Crippen molar-refractivity contribution in [1.82, 2.24) is 10.9 Å². The fourth-order valence-electron chi connectivity index (χ4n) is 1.18. The maximum absolute atomic E-state index is 11.6. The van der Waals surface area contributed by atoms with Crippen LogP contribution in [0.15, 0.2) is 54.3 Å². The number of nitrogens with one attached hydrogen (secondary N) is 2. The lowest BCUT2D eigenvalue weighted by Gasteiger charge is -2.08. The summed E-state index contributed by atoms with van der Waals surface area (Å²) in [7, 11) is 0. The highest BCUT2D eigenvalue weighted by Crippen LogP contribution is 1.98. The molecule has 0 aliphatic heterocycles. The first kappa shape index (κ1) is 12.0. The number of carbonyl (C=O) groups is 1. The van der Waals surface area contributed by atoms with Gasteiger partial charge in [-0.25, -0.2) is 0 Å². The van der Waals surface area contributed by atoms with Crippen LogP contribution in [0.5, 0.6) is 0 Å². The van der Waals surface area contributed by atoms with Crippen molar-refractivity contribution in [2.75, 3.05) is 0 Å². The molecule has 3 heteroatoms. The van der Waals surface area contributed by atoms with Crippen LogP contribution in [-0.4, -0.2) is 5.91 Å². The second-order valence-electron chi connectivity index (χ2n) is 3.69. The summed E-state index contributed by atoms with van der Waals surface area (Å²) in [6.45, 7) is 7.69. The molecule has 1 aromatic rings. The van der Waals surface area contributed by atoms with E-state index in [1.807, 2.05) is 38.1 Å². The molecule has 0 fully saturated rings. The molecule has 0 bridgehead atoms. The van der Waals surface area contributed by atoms with Gasteiger partial charge in [0.25, 0.3) is 5.91 Å². The molecule has 0 aromatic heterocycles. The van der Waals surface area contributed by atoms with Crippen LogP contribution in [0, 0.1) is 0 Å². The van der Waals surface area contributed by atoms with Crippen molar-refractivity contribution in [2.45, 2.75) is 13.8 Å². The van der Waals surface area contributed by atoms with E-state index < -0.39 is 0 Å². The van der Waals surface area contributed by atoms with Crippen molar-refractivity contribution in [1.29, 1.82) is 0 Å². The van der Waals surface area contributed by atoms with Gasteiger partial charge >= 0.3 is 0 Å². The fraction of sp³-hybridized carbons (Fsp3) is 0.154. The third kappa shape index (κ3) is 4.00. The minimum absolute atomic E-state index is 0.177. The predicted molar refractivity (Wildman–Crippen MR) is 65.6 cm³/mol. The minimum atomic E-state index is -0.177. The molecule has 0 saturated heterocycles. The lowest BCUT2D eigenvalue weighted by atomic mass is 10.2. The summed E-state index contributed by atoms with van der Waals surface area (Å²) in [6, 6.07) is 9.01. The number of carbonyl (C=O) groups excluding carboxylic acids is 1. The fourth-order valence-corrected chi connectivity index (χ4v) is 1.18. The SMILES string of the molecule is C=C(C=C(C)C)NNC(=O)c1ccccc1. The van der Waals surface area contributed by atoms with E-state index in [4.69, 9.17) is 0 Å². The quantitative estimate of drug-likeness (QED) is 0.599. The van der Waals surface area contributed by atoms with Gasteiger partial charge in [-0.15, -0.1) is 0 Å². The summed E-state index contributed by atoms with van der Waals surface area (Å²) in [4.78, 5) is 11.6. The third-order valence-electron chi connectivity index (χ3n) is 1.84. The monoisotopic (exact) mass is 216 g/mol. The minimum Gasteiger partial charge on any atom is -0.299 e. The van der Waals surface area contributed by atoms with Crippen LogP contribution in [0.4, 0.5) is 0 Å². The Bertz CT molecular complexity index is 403. The molecular weight excluding hydrogens is 200 g/mol. The van der Waals surface area contributed by atoms with Crippen LogP contribution in [0.25, 0.3) is 0 Å². The smallest absolute Gasteiger partial charge is 0.269 e. The molecule has 2 N–H and O–H groups in total. The van der Waals surface area contributed by atoms with Gasteiger partial charge < -0.3 is 0 Å². The molecule has 0 heterocycles. The van der Waals surface area contributed by atoms with Crippen LogP contribution in [0.3, 0.4) is 0 Å². The Kier molecular flexibility index (Phi) is 4.33. The summed E-state index contributed by atoms with van der Waals surface area (Å²) >= 11 is 0. The predicted octanol–water partition coefficient (Wildman–Crippen LogP) is 2.40. The zero-order valence-electron chi connectivity index (χ0n) is 9.58. The van der Waals surface area contributed by atoms with Crippen LogP contribution in [-0.2, 0) is 0 Å². The van der Waals surface area contributed by atoms with Gasteiger partial charge in [-0.2, -0.15) is 0 Å². The van der Waals surface area contributed by atoms with Gasteiger partial charge in [0, 0.05) is 11.3 Å². The second-order valence-corrected chi connectivity index (χ2v) is 3.69. The highest BCUT2D eigenvalue weighted by Gasteiger charge is 2.02. The van der Waals surface area contributed by atoms with Crippen molar-refractivity contribution in [2.24, 2.45) is 0 Å². The van der Waals surface area contributed by atoms with Gasteiger partial charge in [0.1, 0.15) is 0 Å². The Morgan fingerprint density at radius 2 is 1.81 bits per heavy atom. The topological polar surface area (TPSA) is 41.1 Å². The molecule has 0 saturated carbocycles. The van der Waals surface area contributed by atoms with Crippen LogP contribution in [0.1, 0.15) is 24.2 Å². The number of hydrazine groups is 1. The summed E-state index contributed by atoms with van der Waals surface area (Å²) in [5.41, 5.74) is 7.70. The van der Waals surface area contributed by atoms with E-state index in [9.17, 15) is 4.79 Å². The summed E-state index contributed by atoms with van der Waals surface area (Å²) < 4.78 is 0. The Morgan fingerprint density at radius 3 is 2.38 bits per heavy atom. The van der Waals surface area contributed by atoms with E-state index in [0.29, 0.717) is 11.3 Å². The molecule has 1 aromatic carbocycles. The van der Waals surface area contributed by atoms with Crippen molar-refractivity contribution >= 4 is 5.91 Å². The van der Waals surface area contributed by atoms with Crippen molar-refractivity contribution in [3.8, 4) is 0 Å². The number of hydrogen-bond acceptors (Lipinski definition) is 2. The molecular formula is C13H16N2O. The Morgan fingerprint density at radius 1 is 1.19 bits per heavy atom. The number of amides is 1. The van der Waals surface area contributed by atoms with Crippen LogP contribution in [0.2, 0.25) is 0 Å². The van der Waals surface area contributed by atoms with E-state index in [-0.39, 0.29) is 5.91 Å². The summed E-state index contributed by atoms with van der Waals surface area (Å²) in [5, 5.41) is 0. The van der Waals surface area contributed by atoms with Gasteiger partial charge in [0.2, 0.25) is 0 Å². The first-order chi connectivity index (χ1) is 7.59. The maximum Gasteiger partial charge on any atom is 0.269 e. The molecule has 0 aliphatic carbocycles. The molecule has 84 valence electrons. The van der Waals surface area contributed by atoms with E-state index in [2.05, 4.69) is 17.4 Å². The zero-order valence-corrected chi connectivity index (χ0v) is 9.58. The molecule has 1 rings (SSSR count). The molecule has 0 unspecified atom stereocenters. The average Bonchev–Trinajstić information content (AvgIpc) is 2.26. The molecule has 0 atom stereocenters. The van der Waals surface area contributed by atoms with Gasteiger partial charge in [-0.1, -0.05) is 30.4 Å². The molecule has 0 spiro atoms. The van der Waals surface area contributed by atoms with E-state index >= 15 is 0 Å². The second kappa shape index (κ2) is 5.75. The van der Waals surface area contributed by atoms with Crippen molar-refractivity contribution in [3.05, 3.63) is 59.8 Å². The number of allylic oxidation sites excluding steroid dienone is 2. The van der Waals surface area contributed by atoms with Gasteiger partial charge in [-0.3, -0.25) is 15.6 Å². The molecule has 0 aliphatic rings. The Hall–Kier alpha value is -2.03. The van der Waals surface area contributed by atoms with E-state index in [1.54, 1.807) is 12.1 Å². The van der Waals surface area contributed by atoms with Gasteiger partial charge in [-0.05, 0) is 32.1 Å². The standard InChI is InChI=1S/C13H16N2O/c1-10(2)9-11(3)14-15-13(16)12-7-5-4-6-8-12/h4-9,14H,3H2,1-2H3,(H,15,16). The first-order valence-corrected chi connectivity index (χ1v) is 5.05. The number of rotatable bonds is 4. The van der Waals surface area contributed by atoms with Crippen LogP contribution < -0.4 is 10.9 Å². The van der Waals surface area contributed by atoms with Crippen molar-refractivity contribution < 1.29 is 4.79 Å². The molecule has 3 nitrogen and oxygen atoms in total. The zero-order chi connectivity index (χ0) is 12.0. The highest BCUT2D eigenvalue weighted by atomic mass is 16.2. The highest BCUT2D eigenvalue weighted by molar-refractivity contribution is 5.93. The Labute approximate surface area is 95.8 Å². The van der Waals surface area contributed by atoms with Crippen LogP contribution >= 0.6 is 0 Å². The van der Waals surface area contributed by atoms with E-state index in [0.717, 1.165) is 5.57 Å².